The summed E-state index contributed by atoms with van der Waals surface area (Å²) in [5, 5.41) is 13.8. The lowest BCUT2D eigenvalue weighted by Gasteiger charge is -2.14. The zero-order valence-corrected chi connectivity index (χ0v) is 12.7. The van der Waals surface area contributed by atoms with Crippen molar-refractivity contribution in [1.29, 1.82) is 0 Å². The standard InChI is InChI=1S/C16H19ClN2O2/c1-12-7-15(4-5-16(12)17)21-11-14(20)10-19-9-13-3-2-6-18-8-13/h2-8,14,19-20H,9-11H2,1H3. The van der Waals surface area contributed by atoms with Gasteiger partial charge in [0.25, 0.3) is 0 Å². The third-order valence-corrected chi connectivity index (χ3v) is 3.43. The molecule has 0 amide bonds. The fourth-order valence-electron chi connectivity index (χ4n) is 1.84. The smallest absolute Gasteiger partial charge is 0.119 e. The molecule has 1 unspecified atom stereocenters. The summed E-state index contributed by atoms with van der Waals surface area (Å²) in [6.07, 6.45) is 2.96. The lowest BCUT2D eigenvalue weighted by molar-refractivity contribution is 0.106. The summed E-state index contributed by atoms with van der Waals surface area (Å²) in [5.41, 5.74) is 2.04. The van der Waals surface area contributed by atoms with Gasteiger partial charge in [-0.2, -0.15) is 0 Å². The summed E-state index contributed by atoms with van der Waals surface area (Å²) < 4.78 is 5.55. The molecular formula is C16H19ClN2O2. The number of hydrogen-bond donors (Lipinski definition) is 2. The maximum Gasteiger partial charge on any atom is 0.119 e. The first kappa shape index (κ1) is 15.8. The van der Waals surface area contributed by atoms with Gasteiger partial charge >= 0.3 is 0 Å². The molecule has 0 saturated carbocycles. The van der Waals surface area contributed by atoms with Crippen LogP contribution >= 0.6 is 11.6 Å². The summed E-state index contributed by atoms with van der Waals surface area (Å²) >= 11 is 5.95. The van der Waals surface area contributed by atoms with Crippen LogP contribution in [0, 0.1) is 6.92 Å². The fourth-order valence-corrected chi connectivity index (χ4v) is 1.96. The van der Waals surface area contributed by atoms with Crippen molar-refractivity contribution in [2.75, 3.05) is 13.2 Å². The number of nitrogens with zero attached hydrogens (tertiary/aromatic N) is 1. The van der Waals surface area contributed by atoms with Gasteiger partial charge in [0.05, 0.1) is 0 Å². The van der Waals surface area contributed by atoms with Crippen molar-refractivity contribution >= 4 is 11.6 Å². The van der Waals surface area contributed by atoms with E-state index in [9.17, 15) is 5.11 Å². The number of ether oxygens (including phenoxy) is 1. The minimum Gasteiger partial charge on any atom is -0.491 e. The summed E-state index contributed by atoms with van der Waals surface area (Å²) in [4.78, 5) is 4.04. The molecule has 4 nitrogen and oxygen atoms in total. The third-order valence-electron chi connectivity index (χ3n) is 3.00. The Morgan fingerprint density at radius 2 is 2.24 bits per heavy atom. The molecule has 2 aromatic rings. The van der Waals surface area contributed by atoms with E-state index in [1.54, 1.807) is 24.5 Å². The molecule has 1 atom stereocenters. The number of aliphatic hydroxyl groups is 1. The van der Waals surface area contributed by atoms with E-state index in [2.05, 4.69) is 10.3 Å². The monoisotopic (exact) mass is 306 g/mol. The second kappa shape index (κ2) is 7.98. The van der Waals surface area contributed by atoms with E-state index in [1.807, 2.05) is 25.1 Å². The molecule has 0 aliphatic rings. The van der Waals surface area contributed by atoms with E-state index >= 15 is 0 Å². The molecule has 0 fully saturated rings. The minimum absolute atomic E-state index is 0.237. The van der Waals surface area contributed by atoms with Crippen molar-refractivity contribution in [1.82, 2.24) is 10.3 Å². The molecule has 0 saturated heterocycles. The molecule has 1 aromatic carbocycles. The van der Waals surface area contributed by atoms with Crippen molar-refractivity contribution < 1.29 is 9.84 Å². The Hall–Kier alpha value is -1.62. The molecule has 5 heteroatoms. The molecule has 2 N–H and O–H groups in total. The summed E-state index contributed by atoms with van der Waals surface area (Å²) in [6.45, 7) is 3.29. The van der Waals surface area contributed by atoms with Crippen LogP contribution in [0.2, 0.25) is 5.02 Å². The van der Waals surface area contributed by atoms with E-state index < -0.39 is 6.10 Å². The number of halogens is 1. The number of aryl methyl sites for hydroxylation is 1. The van der Waals surface area contributed by atoms with Crippen LogP contribution in [0.4, 0.5) is 0 Å². The number of nitrogens with one attached hydrogen (secondary N) is 1. The Morgan fingerprint density at radius 1 is 1.38 bits per heavy atom. The largest absolute Gasteiger partial charge is 0.491 e. The molecule has 1 aromatic heterocycles. The van der Waals surface area contributed by atoms with E-state index in [0.29, 0.717) is 23.9 Å². The molecule has 0 aliphatic carbocycles. The molecule has 0 spiro atoms. The topological polar surface area (TPSA) is 54.4 Å². The van der Waals surface area contributed by atoms with Gasteiger partial charge in [0, 0.05) is 30.5 Å². The average molecular weight is 307 g/mol. The van der Waals surface area contributed by atoms with Gasteiger partial charge in [-0.05, 0) is 42.3 Å². The zero-order valence-electron chi connectivity index (χ0n) is 11.9. The van der Waals surface area contributed by atoms with Crippen molar-refractivity contribution in [2.45, 2.75) is 19.6 Å². The van der Waals surface area contributed by atoms with Gasteiger partial charge in [-0.25, -0.2) is 0 Å². The highest BCUT2D eigenvalue weighted by molar-refractivity contribution is 6.31. The van der Waals surface area contributed by atoms with E-state index in [1.165, 1.54) is 0 Å². The molecule has 1 heterocycles. The average Bonchev–Trinajstić information content (AvgIpc) is 2.49. The fraction of sp³-hybridized carbons (Fsp3) is 0.312. The molecule has 2 rings (SSSR count). The van der Waals surface area contributed by atoms with Crippen LogP contribution in [-0.2, 0) is 6.54 Å². The predicted molar refractivity (Wildman–Crippen MR) is 83.6 cm³/mol. The Kier molecular flexibility index (Phi) is 5.99. The van der Waals surface area contributed by atoms with Crippen LogP contribution in [-0.4, -0.2) is 29.3 Å². The molecule has 0 aliphatic heterocycles. The summed E-state index contributed by atoms with van der Waals surface area (Å²) in [6, 6.07) is 9.32. The SMILES string of the molecule is Cc1cc(OCC(O)CNCc2cccnc2)ccc1Cl. The summed E-state index contributed by atoms with van der Waals surface area (Å²) in [5.74, 6) is 0.711. The Balaban J connectivity index is 1.69. The first-order chi connectivity index (χ1) is 10.1. The van der Waals surface area contributed by atoms with Crippen molar-refractivity contribution in [3.8, 4) is 5.75 Å². The minimum atomic E-state index is -0.572. The van der Waals surface area contributed by atoms with Crippen LogP contribution in [0.25, 0.3) is 0 Å². The van der Waals surface area contributed by atoms with E-state index in [4.69, 9.17) is 16.3 Å². The lowest BCUT2D eigenvalue weighted by atomic mass is 10.2. The Morgan fingerprint density at radius 3 is 2.95 bits per heavy atom. The third kappa shape index (κ3) is 5.34. The Bertz CT molecular complexity index is 563. The highest BCUT2D eigenvalue weighted by Crippen LogP contribution is 2.21. The van der Waals surface area contributed by atoms with Crippen molar-refractivity contribution in [3.05, 3.63) is 58.9 Å². The van der Waals surface area contributed by atoms with Gasteiger partial charge in [-0.3, -0.25) is 4.98 Å². The quantitative estimate of drug-likeness (QED) is 0.825. The first-order valence-corrected chi connectivity index (χ1v) is 7.19. The molecule has 21 heavy (non-hydrogen) atoms. The maximum absolute atomic E-state index is 9.88. The van der Waals surface area contributed by atoms with Gasteiger partial charge in [0.15, 0.2) is 0 Å². The van der Waals surface area contributed by atoms with Gasteiger partial charge in [0.1, 0.15) is 18.5 Å². The number of aromatic nitrogens is 1. The van der Waals surface area contributed by atoms with Crippen LogP contribution in [0.1, 0.15) is 11.1 Å². The lowest BCUT2D eigenvalue weighted by Crippen LogP contribution is -2.31. The first-order valence-electron chi connectivity index (χ1n) is 6.82. The van der Waals surface area contributed by atoms with Gasteiger partial charge in [-0.15, -0.1) is 0 Å². The van der Waals surface area contributed by atoms with Crippen LogP contribution in [0.15, 0.2) is 42.7 Å². The van der Waals surface area contributed by atoms with Gasteiger partial charge in [-0.1, -0.05) is 17.7 Å². The molecule has 112 valence electrons. The van der Waals surface area contributed by atoms with Crippen LogP contribution < -0.4 is 10.1 Å². The van der Waals surface area contributed by atoms with Gasteiger partial charge in [0.2, 0.25) is 0 Å². The number of pyridine rings is 1. The van der Waals surface area contributed by atoms with Crippen LogP contribution in [0.3, 0.4) is 0 Å². The van der Waals surface area contributed by atoms with E-state index in [-0.39, 0.29) is 6.61 Å². The zero-order chi connectivity index (χ0) is 15.1. The number of hydrogen-bond acceptors (Lipinski definition) is 4. The molecule has 0 bridgehead atoms. The van der Waals surface area contributed by atoms with Crippen LogP contribution in [0.5, 0.6) is 5.75 Å². The number of benzene rings is 1. The highest BCUT2D eigenvalue weighted by Gasteiger charge is 2.06. The number of rotatable bonds is 7. The molecular weight excluding hydrogens is 288 g/mol. The van der Waals surface area contributed by atoms with Crippen molar-refractivity contribution in [3.63, 3.8) is 0 Å². The van der Waals surface area contributed by atoms with Gasteiger partial charge < -0.3 is 15.2 Å². The second-order valence-electron chi connectivity index (χ2n) is 4.87. The van der Waals surface area contributed by atoms with Crippen molar-refractivity contribution in [2.24, 2.45) is 0 Å². The number of aliphatic hydroxyl groups excluding tert-OH is 1. The Labute approximate surface area is 129 Å². The van der Waals surface area contributed by atoms with E-state index in [0.717, 1.165) is 11.1 Å². The predicted octanol–water partition coefficient (Wildman–Crippen LogP) is 2.57. The second-order valence-corrected chi connectivity index (χ2v) is 5.28. The normalized spacial score (nSPS) is 12.1. The summed E-state index contributed by atoms with van der Waals surface area (Å²) in [7, 11) is 0. The highest BCUT2D eigenvalue weighted by atomic mass is 35.5. The maximum atomic E-state index is 9.88. The molecule has 0 radical (unpaired) electrons.